The first-order valence-corrected chi connectivity index (χ1v) is 14.0. The molecule has 0 bridgehead atoms. The highest BCUT2D eigenvalue weighted by Crippen LogP contribution is 2.55. The van der Waals surface area contributed by atoms with Crippen molar-refractivity contribution in [2.45, 2.75) is 104 Å². The van der Waals surface area contributed by atoms with Crippen LogP contribution in [0.1, 0.15) is 68.2 Å². The molecule has 43 heavy (non-hydrogen) atoms. The highest BCUT2D eigenvalue weighted by Gasteiger charge is 2.67. The van der Waals surface area contributed by atoms with Crippen molar-refractivity contribution in [3.63, 3.8) is 0 Å². The van der Waals surface area contributed by atoms with E-state index < -0.39 is 95.8 Å². The van der Waals surface area contributed by atoms with E-state index in [-0.39, 0.29) is 18.4 Å². The molecule has 9 atom stereocenters. The maximum absolute atomic E-state index is 13.1. The number of esters is 6. The van der Waals surface area contributed by atoms with Crippen LogP contribution in [-0.4, -0.2) is 83.7 Å². The third-order valence-corrected chi connectivity index (χ3v) is 8.57. The van der Waals surface area contributed by atoms with Crippen LogP contribution >= 0.6 is 0 Å². The molecule has 1 fully saturated rings. The third-order valence-electron chi connectivity index (χ3n) is 8.57. The van der Waals surface area contributed by atoms with Crippen molar-refractivity contribution in [1.82, 2.24) is 0 Å². The van der Waals surface area contributed by atoms with Crippen molar-refractivity contribution < 1.29 is 62.3 Å². The van der Waals surface area contributed by atoms with Gasteiger partial charge in [-0.2, -0.15) is 0 Å². The zero-order chi connectivity index (χ0) is 32.4. The molecular formula is C30H40O13. The van der Waals surface area contributed by atoms with E-state index in [1.807, 2.05) is 0 Å². The maximum atomic E-state index is 13.1. The fourth-order valence-electron chi connectivity index (χ4n) is 6.58. The second-order valence-electron chi connectivity index (χ2n) is 11.6. The van der Waals surface area contributed by atoms with Crippen molar-refractivity contribution in [3.05, 3.63) is 23.3 Å². The molecule has 0 unspecified atom stereocenters. The minimum Gasteiger partial charge on any atom is -0.462 e. The van der Waals surface area contributed by atoms with E-state index in [9.17, 15) is 33.9 Å². The van der Waals surface area contributed by atoms with Crippen LogP contribution in [0.5, 0.6) is 0 Å². The summed E-state index contributed by atoms with van der Waals surface area (Å²) in [7, 11) is 0. The van der Waals surface area contributed by atoms with E-state index in [1.54, 1.807) is 19.9 Å². The Morgan fingerprint density at radius 2 is 1.47 bits per heavy atom. The lowest BCUT2D eigenvalue weighted by molar-refractivity contribution is -0.218. The zero-order valence-electron chi connectivity index (χ0n) is 25.7. The maximum Gasteiger partial charge on any atom is 0.312 e. The zero-order valence-corrected chi connectivity index (χ0v) is 25.7. The average Bonchev–Trinajstić information content (AvgIpc) is 3.09. The summed E-state index contributed by atoms with van der Waals surface area (Å²) in [4.78, 5) is 74.8. The van der Waals surface area contributed by atoms with Crippen molar-refractivity contribution in [2.75, 3.05) is 6.61 Å². The molecule has 2 aliphatic carbocycles. The molecule has 0 amide bonds. The first-order chi connectivity index (χ1) is 19.9. The van der Waals surface area contributed by atoms with Crippen molar-refractivity contribution in [3.8, 4) is 0 Å². The van der Waals surface area contributed by atoms with Gasteiger partial charge in [0.05, 0.1) is 11.3 Å². The molecule has 0 aromatic heterocycles. The van der Waals surface area contributed by atoms with Crippen molar-refractivity contribution in [2.24, 2.45) is 17.3 Å². The van der Waals surface area contributed by atoms with Gasteiger partial charge in [0.15, 0.2) is 11.7 Å². The molecular weight excluding hydrogens is 568 g/mol. The molecule has 13 nitrogen and oxygen atoms in total. The Balaban J connectivity index is 2.46. The standard InChI is InChI=1S/C30H40O13/c1-14-9-10-23(40-18(5)33)29(8)24(41-19(6)34)12-22(39-17(4)32)21(13-38-16(3)31)11-25-30(37,15(2)28(36)43-25)27(26(14)29)42-20(7)35/h9,11,15,22-27,37H,10,12-13H2,1-8H3/b21-11-/t15-,22+,23-,24-,25-,26+,27-,29+,30-/m0/s1. The van der Waals surface area contributed by atoms with Gasteiger partial charge < -0.3 is 33.5 Å². The molecule has 0 aromatic rings. The monoisotopic (exact) mass is 608 g/mol. The van der Waals surface area contributed by atoms with Gasteiger partial charge in [0.25, 0.3) is 0 Å². The number of aliphatic hydroxyl groups is 1. The molecule has 3 aliphatic rings. The predicted molar refractivity (Wildman–Crippen MR) is 146 cm³/mol. The van der Waals surface area contributed by atoms with E-state index in [0.29, 0.717) is 5.57 Å². The molecule has 13 heteroatoms. The van der Waals surface area contributed by atoms with Gasteiger partial charge in [-0.05, 0) is 19.9 Å². The molecule has 0 spiro atoms. The molecule has 0 radical (unpaired) electrons. The Bertz CT molecular complexity index is 1230. The van der Waals surface area contributed by atoms with E-state index in [0.717, 1.165) is 13.8 Å². The Morgan fingerprint density at radius 1 is 0.907 bits per heavy atom. The number of carbonyl (C=O) groups excluding carboxylic acids is 6. The number of hydrogen-bond donors (Lipinski definition) is 1. The quantitative estimate of drug-likeness (QED) is 0.263. The van der Waals surface area contributed by atoms with Crippen LogP contribution in [0, 0.1) is 17.3 Å². The summed E-state index contributed by atoms with van der Waals surface area (Å²) in [6.07, 6.45) is -3.32. The molecule has 3 rings (SSSR count). The first-order valence-electron chi connectivity index (χ1n) is 14.0. The lowest BCUT2D eigenvalue weighted by atomic mass is 9.56. The third kappa shape index (κ3) is 6.76. The number of ether oxygens (including phenoxy) is 6. The normalized spacial score (nSPS) is 36.7. The van der Waals surface area contributed by atoms with Gasteiger partial charge in [-0.3, -0.25) is 28.8 Å². The topological polar surface area (TPSA) is 178 Å². The lowest BCUT2D eigenvalue weighted by Crippen LogP contribution is -2.65. The van der Waals surface area contributed by atoms with E-state index in [4.69, 9.17) is 28.4 Å². The minimum absolute atomic E-state index is 0.114. The Hall–Kier alpha value is -3.74. The Morgan fingerprint density at radius 3 is 2.00 bits per heavy atom. The van der Waals surface area contributed by atoms with Crippen LogP contribution in [0.2, 0.25) is 0 Å². The van der Waals surface area contributed by atoms with Crippen LogP contribution in [0.15, 0.2) is 23.3 Å². The minimum atomic E-state index is -2.23. The summed E-state index contributed by atoms with van der Waals surface area (Å²) < 4.78 is 34.0. The van der Waals surface area contributed by atoms with Gasteiger partial charge in [0.1, 0.15) is 31.0 Å². The van der Waals surface area contributed by atoms with Gasteiger partial charge >= 0.3 is 35.8 Å². The summed E-state index contributed by atoms with van der Waals surface area (Å²) in [5.74, 6) is -6.59. The van der Waals surface area contributed by atoms with Gasteiger partial charge in [-0.25, -0.2) is 0 Å². The molecule has 238 valence electrons. The second-order valence-corrected chi connectivity index (χ2v) is 11.6. The molecule has 0 aromatic carbocycles. The fourth-order valence-corrected chi connectivity index (χ4v) is 6.58. The fraction of sp³-hybridized carbons (Fsp3) is 0.667. The first kappa shape index (κ1) is 33.8. The number of carbonyl (C=O) groups is 6. The summed E-state index contributed by atoms with van der Waals surface area (Å²) in [6.45, 7) is 10.2. The highest BCUT2D eigenvalue weighted by atomic mass is 16.6. The van der Waals surface area contributed by atoms with Gasteiger partial charge in [-0.1, -0.05) is 18.6 Å². The summed E-state index contributed by atoms with van der Waals surface area (Å²) in [6, 6.07) is 0. The molecule has 1 heterocycles. The van der Waals surface area contributed by atoms with Crippen LogP contribution in [0.3, 0.4) is 0 Å². The lowest BCUT2D eigenvalue weighted by Gasteiger charge is -2.55. The summed E-state index contributed by atoms with van der Waals surface area (Å²) in [5.41, 5.74) is -2.96. The Kier molecular flexibility index (Phi) is 10.1. The summed E-state index contributed by atoms with van der Waals surface area (Å²) >= 11 is 0. The van der Waals surface area contributed by atoms with E-state index in [2.05, 4.69) is 0 Å². The molecule has 1 aliphatic heterocycles. The van der Waals surface area contributed by atoms with Crippen molar-refractivity contribution in [1.29, 1.82) is 0 Å². The van der Waals surface area contributed by atoms with Gasteiger partial charge in [0, 0.05) is 59.0 Å². The average molecular weight is 609 g/mol. The van der Waals surface area contributed by atoms with Crippen molar-refractivity contribution >= 4 is 35.8 Å². The molecule has 1 N–H and O–H groups in total. The Labute approximate surface area is 249 Å². The number of fused-ring (bicyclic) bond motifs is 2. The van der Waals surface area contributed by atoms with Gasteiger partial charge in [-0.15, -0.1) is 0 Å². The van der Waals surface area contributed by atoms with Crippen LogP contribution in [0.4, 0.5) is 0 Å². The van der Waals surface area contributed by atoms with Crippen LogP contribution in [0.25, 0.3) is 0 Å². The molecule has 0 saturated carbocycles. The number of rotatable bonds is 6. The number of hydrogen-bond acceptors (Lipinski definition) is 13. The predicted octanol–water partition coefficient (Wildman–Crippen LogP) is 1.87. The largest absolute Gasteiger partial charge is 0.462 e. The van der Waals surface area contributed by atoms with Gasteiger partial charge in [0.2, 0.25) is 0 Å². The summed E-state index contributed by atoms with van der Waals surface area (Å²) in [5, 5.41) is 12.5. The SMILES string of the molecule is CC(=O)OC/C1=C/[C@@H]2OC(=O)[C@H](C)[C@@]2(O)[C@@H](OC(C)=O)[C@H]2C(C)=CC[C@H](OC(C)=O)[C@]2(C)[C@@H](OC(C)=O)C[C@H]1OC(C)=O. The smallest absolute Gasteiger partial charge is 0.312 e. The van der Waals surface area contributed by atoms with Crippen LogP contribution in [-0.2, 0) is 57.2 Å². The highest BCUT2D eigenvalue weighted by molar-refractivity contribution is 5.78. The van der Waals surface area contributed by atoms with Crippen LogP contribution < -0.4 is 0 Å². The second kappa shape index (κ2) is 12.9. The van der Waals surface area contributed by atoms with E-state index in [1.165, 1.54) is 33.8 Å². The van der Waals surface area contributed by atoms with E-state index >= 15 is 0 Å². The molecule has 1 saturated heterocycles.